The lowest BCUT2D eigenvalue weighted by molar-refractivity contribution is -0.144. The summed E-state index contributed by atoms with van der Waals surface area (Å²) in [7, 11) is 0. The van der Waals surface area contributed by atoms with Crippen LogP contribution in [-0.4, -0.2) is 113 Å². The molecule has 69 heavy (non-hydrogen) atoms. The van der Waals surface area contributed by atoms with E-state index in [-0.39, 0.29) is 56.3 Å². The highest BCUT2D eigenvalue weighted by molar-refractivity contribution is 7.13. The fourth-order valence-electron chi connectivity index (χ4n) is 8.57. The molecule has 16 heteroatoms. The van der Waals surface area contributed by atoms with Crippen molar-refractivity contribution in [1.29, 1.82) is 0 Å². The number of nitrogens with zero attached hydrogens (tertiary/aromatic N) is 3. The van der Waals surface area contributed by atoms with Crippen LogP contribution < -0.4 is 15.4 Å². The van der Waals surface area contributed by atoms with Gasteiger partial charge in [0.2, 0.25) is 17.7 Å². The van der Waals surface area contributed by atoms with Gasteiger partial charge in [0.1, 0.15) is 42.6 Å². The van der Waals surface area contributed by atoms with E-state index in [1.807, 2.05) is 102 Å². The second kappa shape index (κ2) is 23.0. The van der Waals surface area contributed by atoms with Crippen LogP contribution in [0.3, 0.4) is 0 Å². The molecule has 6 aromatic rings. The molecule has 0 radical (unpaired) electrons. The number of likely N-dealkylation sites (tertiary alicyclic amines) is 1. The van der Waals surface area contributed by atoms with Gasteiger partial charge in [0, 0.05) is 30.4 Å². The number of carbonyl (C=O) groups excluding carboxylic acids is 3. The molecule has 14 nitrogen and oxygen atoms in total. The maximum atomic E-state index is 14.0. The minimum atomic E-state index is -0.979. The number of benzene rings is 4. The number of hydrogen-bond acceptors (Lipinski definition) is 11. The van der Waals surface area contributed by atoms with Crippen LogP contribution in [0.2, 0.25) is 0 Å². The summed E-state index contributed by atoms with van der Waals surface area (Å²) in [5.74, 6) is -0.738. The number of ether oxygens (including phenoxy) is 4. The van der Waals surface area contributed by atoms with Gasteiger partial charge in [-0.1, -0.05) is 57.2 Å². The Morgan fingerprint density at radius 3 is 2.16 bits per heavy atom. The number of fused-ring (bicyclic) bond motifs is 1. The van der Waals surface area contributed by atoms with Crippen molar-refractivity contribution in [3.63, 3.8) is 0 Å². The number of nitrogens with one attached hydrogen (secondary N) is 2. The Morgan fingerprint density at radius 1 is 0.855 bits per heavy atom. The fourth-order valence-corrected chi connectivity index (χ4v) is 9.38. The number of thiazole rings is 1. The second-order valence-corrected chi connectivity index (χ2v) is 19.3. The smallest absolute Gasteiger partial charge is 0.246 e. The van der Waals surface area contributed by atoms with E-state index in [1.165, 1.54) is 17.0 Å². The number of rotatable bonds is 21. The number of hydrogen-bond donors (Lipinski definition) is 4. The number of halogens is 1. The summed E-state index contributed by atoms with van der Waals surface area (Å²) in [4.78, 5) is 47.5. The number of aromatic hydroxyl groups is 1. The Labute approximate surface area is 406 Å². The van der Waals surface area contributed by atoms with E-state index in [2.05, 4.69) is 20.2 Å². The van der Waals surface area contributed by atoms with Crippen LogP contribution >= 0.6 is 11.3 Å². The van der Waals surface area contributed by atoms with Crippen LogP contribution in [0.1, 0.15) is 62.5 Å². The molecular weight excluding hydrogens is 902 g/mol. The van der Waals surface area contributed by atoms with Crippen LogP contribution in [0.5, 0.6) is 11.5 Å². The van der Waals surface area contributed by atoms with Crippen molar-refractivity contribution in [2.75, 3.05) is 52.8 Å². The Kier molecular flexibility index (Phi) is 16.9. The molecule has 4 atom stereocenters. The minimum absolute atomic E-state index is 0.0270. The lowest BCUT2D eigenvalue weighted by Crippen LogP contribution is -2.58. The van der Waals surface area contributed by atoms with Gasteiger partial charge in [0.25, 0.3) is 0 Å². The number of aliphatic hydroxyl groups excluding tert-OH is 1. The van der Waals surface area contributed by atoms with Crippen LogP contribution in [0.15, 0.2) is 96.5 Å². The van der Waals surface area contributed by atoms with Gasteiger partial charge in [-0.3, -0.25) is 14.4 Å². The molecule has 1 aliphatic heterocycles. The highest BCUT2D eigenvalue weighted by Crippen LogP contribution is 2.36. The molecule has 0 spiro atoms. The summed E-state index contributed by atoms with van der Waals surface area (Å²) in [6.07, 6.45) is -0.800. The molecule has 0 saturated carbocycles. The number of amides is 3. The van der Waals surface area contributed by atoms with Crippen LogP contribution in [0, 0.1) is 25.1 Å². The lowest BCUT2D eigenvalue weighted by atomic mass is 9.85. The number of carbonyl (C=O) groups is 3. The lowest BCUT2D eigenvalue weighted by Gasteiger charge is -2.35. The quantitative estimate of drug-likeness (QED) is 0.0523. The van der Waals surface area contributed by atoms with Gasteiger partial charge in [-0.05, 0) is 109 Å². The molecule has 3 amide bonds. The van der Waals surface area contributed by atoms with Crippen molar-refractivity contribution in [2.45, 2.75) is 78.7 Å². The Hall–Kier alpha value is -6.17. The topological polar surface area (TPSA) is 174 Å². The van der Waals surface area contributed by atoms with E-state index >= 15 is 0 Å². The van der Waals surface area contributed by atoms with Crippen molar-refractivity contribution >= 4 is 40.0 Å². The van der Waals surface area contributed by atoms with Crippen molar-refractivity contribution in [3.05, 3.63) is 125 Å². The normalized spacial score (nSPS) is 15.9. The Balaban J connectivity index is 0.785. The van der Waals surface area contributed by atoms with Gasteiger partial charge >= 0.3 is 0 Å². The molecule has 0 aliphatic carbocycles. The molecule has 0 bridgehead atoms. The zero-order chi connectivity index (χ0) is 49.2. The monoisotopic (exact) mass is 963 g/mol. The predicted molar refractivity (Wildman–Crippen MR) is 264 cm³/mol. The number of phenolic OH excluding ortho intramolecular Hbond substituents is 1. The van der Waals surface area contributed by atoms with Gasteiger partial charge in [-0.15, -0.1) is 11.3 Å². The van der Waals surface area contributed by atoms with Gasteiger partial charge in [-0.2, -0.15) is 0 Å². The first-order valence-electron chi connectivity index (χ1n) is 23.2. The summed E-state index contributed by atoms with van der Waals surface area (Å²) in [6, 6.07) is 25.3. The van der Waals surface area contributed by atoms with E-state index in [1.54, 1.807) is 35.6 Å². The summed E-state index contributed by atoms with van der Waals surface area (Å²) in [5, 5.41) is 27.6. The molecule has 7 rings (SSSR count). The van der Waals surface area contributed by atoms with Crippen LogP contribution in [0.4, 0.5) is 4.39 Å². The zero-order valence-electron chi connectivity index (χ0n) is 40.0. The first-order chi connectivity index (χ1) is 33.1. The first-order valence-corrected chi connectivity index (χ1v) is 24.1. The molecule has 1 fully saturated rings. The molecule has 0 unspecified atom stereocenters. The highest BCUT2D eigenvalue weighted by Gasteiger charge is 2.44. The molecule has 3 heterocycles. The third-order valence-corrected chi connectivity index (χ3v) is 13.2. The number of aromatic nitrogens is 2. The van der Waals surface area contributed by atoms with E-state index in [0.717, 1.165) is 55.0 Å². The summed E-state index contributed by atoms with van der Waals surface area (Å²) in [5.41, 5.74) is 8.85. The average Bonchev–Trinajstić information content (AvgIpc) is 4.02. The number of β-amino-alcohol motifs (C(OH)–C–C–N with tert-alkyl or cyclic N) is 1. The van der Waals surface area contributed by atoms with Crippen molar-refractivity contribution in [3.8, 4) is 33.2 Å². The SMILES string of the molecule is Cc1ncsc1-c1ccc([C@H](C)NC(=O)[C@@H]2C[C@@H](O)CN2C(=O)[C@@H](NC(=O)COCCOCCOCCOc2ccc(Cn3c(-c4ccc(F)cc4)c(C)c4cc(O)ccc43)cc2)C(C)(C)C)cc1. The van der Waals surface area contributed by atoms with Crippen molar-refractivity contribution in [1.82, 2.24) is 25.1 Å². The van der Waals surface area contributed by atoms with E-state index in [0.29, 0.717) is 38.7 Å². The number of phenols is 1. The minimum Gasteiger partial charge on any atom is -0.508 e. The van der Waals surface area contributed by atoms with Gasteiger partial charge in [-0.25, -0.2) is 9.37 Å². The average molecular weight is 964 g/mol. The maximum Gasteiger partial charge on any atom is 0.246 e. The zero-order valence-corrected chi connectivity index (χ0v) is 40.8. The largest absolute Gasteiger partial charge is 0.508 e. The number of aryl methyl sites for hydroxylation is 2. The molecule has 366 valence electrons. The predicted octanol–water partition coefficient (Wildman–Crippen LogP) is 7.74. The van der Waals surface area contributed by atoms with Crippen LogP contribution in [0.25, 0.3) is 32.6 Å². The first kappa shape index (κ1) is 50.7. The van der Waals surface area contributed by atoms with E-state index in [4.69, 9.17) is 18.9 Å². The third-order valence-electron chi connectivity index (χ3n) is 12.2. The summed E-state index contributed by atoms with van der Waals surface area (Å²) < 4.78 is 38.7. The van der Waals surface area contributed by atoms with Crippen molar-refractivity contribution in [2.24, 2.45) is 5.41 Å². The molecule has 2 aromatic heterocycles. The fraction of sp³-hybridized carbons (Fsp3) is 0.396. The van der Waals surface area contributed by atoms with E-state index in [9.17, 15) is 29.0 Å². The van der Waals surface area contributed by atoms with Crippen LogP contribution in [-0.2, 0) is 35.1 Å². The van der Waals surface area contributed by atoms with Gasteiger partial charge in [0.15, 0.2) is 0 Å². The second-order valence-electron chi connectivity index (χ2n) is 18.4. The Morgan fingerprint density at radius 2 is 1.51 bits per heavy atom. The molecular formula is C53H62FN5O9S. The summed E-state index contributed by atoms with van der Waals surface area (Å²) in [6.45, 7) is 13.3. The molecule has 1 saturated heterocycles. The van der Waals surface area contributed by atoms with Gasteiger partial charge < -0.3 is 49.3 Å². The molecule has 4 aromatic carbocycles. The summed E-state index contributed by atoms with van der Waals surface area (Å²) >= 11 is 1.57. The van der Waals surface area contributed by atoms with E-state index < -0.39 is 35.4 Å². The third kappa shape index (κ3) is 12.9. The molecule has 1 aliphatic rings. The Bertz CT molecular complexity index is 2680. The number of aliphatic hydroxyl groups is 1. The standard InChI is InChI=1S/C53H62FN5O9S/c1-33-44-27-41(60)17-20-45(44)58(48(33)38-13-15-40(54)16-14-38)29-36-7-18-43(19-8-36)68-26-25-66-22-21-65-23-24-67-31-47(62)57-50(53(4,5)6)52(64)59-30-42(61)28-46(59)51(63)56-34(2)37-9-11-39(12-10-37)49-35(3)55-32-69-49/h7-20,27,32,34,42,46,50,60-61H,21-26,28-31H2,1-6H3,(H,56,63)(H,57,62)/t34-,42+,46-,50+/m0/s1. The maximum absolute atomic E-state index is 14.0. The van der Waals surface area contributed by atoms with Crippen molar-refractivity contribution < 1.29 is 47.9 Å². The molecule has 4 N–H and O–H groups in total. The van der Waals surface area contributed by atoms with Gasteiger partial charge in [0.05, 0.1) is 67.0 Å². The highest BCUT2D eigenvalue weighted by atomic mass is 32.1.